The van der Waals surface area contributed by atoms with Crippen LogP contribution in [0.3, 0.4) is 0 Å². The number of hydrogen-bond donors (Lipinski definition) is 0. The van der Waals surface area contributed by atoms with E-state index in [2.05, 4.69) is 112 Å². The summed E-state index contributed by atoms with van der Waals surface area (Å²) in [5.41, 5.74) is 10.1. The number of aromatic nitrogens is 4. The molecule has 0 saturated heterocycles. The maximum Gasteiger partial charge on any atom is 2.00 e. The van der Waals surface area contributed by atoms with Gasteiger partial charge in [-0.15, -0.1) is 35.7 Å². The maximum atomic E-state index is 6.46. The van der Waals surface area contributed by atoms with Gasteiger partial charge in [0.25, 0.3) is 0 Å². The zero-order valence-corrected chi connectivity index (χ0v) is 30.6. The zero-order valence-electron chi connectivity index (χ0n) is 28.4. The van der Waals surface area contributed by atoms with Crippen LogP contribution in [0.25, 0.3) is 44.4 Å². The number of aryl methyl sites for hydroxylation is 3. The summed E-state index contributed by atoms with van der Waals surface area (Å²) in [5, 5.41) is 7.20. The molecule has 0 atom stereocenters. The van der Waals surface area contributed by atoms with Crippen molar-refractivity contribution in [1.82, 2.24) is 19.3 Å². The summed E-state index contributed by atoms with van der Waals surface area (Å²) in [6, 6.07) is 38.6. The normalized spacial score (nSPS) is 11.6. The van der Waals surface area contributed by atoms with Crippen molar-refractivity contribution >= 4 is 21.8 Å². The molecule has 0 spiro atoms. The summed E-state index contributed by atoms with van der Waals surface area (Å²) in [6.07, 6.45) is 5.00. The van der Waals surface area contributed by atoms with Crippen LogP contribution in [0.15, 0.2) is 97.2 Å². The van der Waals surface area contributed by atoms with E-state index in [4.69, 9.17) is 14.8 Å². The van der Waals surface area contributed by atoms with E-state index in [1.54, 1.807) is 0 Å². The van der Waals surface area contributed by atoms with Crippen LogP contribution in [0.1, 0.15) is 56.6 Å². The molecule has 48 heavy (non-hydrogen) atoms. The van der Waals surface area contributed by atoms with Crippen LogP contribution in [0.2, 0.25) is 0 Å². The third-order valence-electron chi connectivity index (χ3n) is 8.88. The maximum absolute atomic E-state index is 6.46. The fourth-order valence-corrected chi connectivity index (χ4v) is 6.38. The van der Waals surface area contributed by atoms with Gasteiger partial charge in [0.2, 0.25) is 0 Å². The molecule has 0 radical (unpaired) electrons. The van der Waals surface area contributed by atoms with E-state index in [1.807, 2.05) is 48.1 Å². The first kappa shape index (κ1) is 33.4. The van der Waals surface area contributed by atoms with Crippen molar-refractivity contribution in [2.75, 3.05) is 0 Å². The molecule has 0 fully saturated rings. The van der Waals surface area contributed by atoms with Gasteiger partial charge in [0.05, 0.1) is 5.69 Å². The van der Waals surface area contributed by atoms with Gasteiger partial charge in [-0.05, 0) is 84.5 Å². The summed E-state index contributed by atoms with van der Waals surface area (Å²) < 4.78 is 10.6. The second-order valence-corrected chi connectivity index (χ2v) is 13.5. The third kappa shape index (κ3) is 6.62. The molecule has 0 amide bonds. The first-order valence-electron chi connectivity index (χ1n) is 16.5. The van der Waals surface area contributed by atoms with Crippen LogP contribution >= 0.6 is 0 Å². The summed E-state index contributed by atoms with van der Waals surface area (Å²) in [4.78, 5) is 4.81. The van der Waals surface area contributed by atoms with Crippen molar-refractivity contribution in [2.45, 2.75) is 60.8 Å². The predicted octanol–water partition coefficient (Wildman–Crippen LogP) is 10.6. The van der Waals surface area contributed by atoms with Gasteiger partial charge in [-0.1, -0.05) is 75.7 Å². The molecule has 7 aromatic rings. The number of benzene rings is 4. The van der Waals surface area contributed by atoms with Gasteiger partial charge < -0.3 is 9.30 Å². The average Bonchev–Trinajstić information content (AvgIpc) is 3.56. The van der Waals surface area contributed by atoms with Crippen LogP contribution in [0, 0.1) is 31.4 Å². The van der Waals surface area contributed by atoms with E-state index >= 15 is 0 Å². The molecular weight excluding hydrogens is 772 g/mol. The van der Waals surface area contributed by atoms with Gasteiger partial charge >= 0.3 is 21.1 Å². The van der Waals surface area contributed by atoms with E-state index in [-0.39, 0.29) is 26.5 Å². The van der Waals surface area contributed by atoms with Gasteiger partial charge in [-0.3, -0.25) is 4.68 Å². The fourth-order valence-electron chi connectivity index (χ4n) is 6.38. The quantitative estimate of drug-likeness (QED) is 0.144. The van der Waals surface area contributed by atoms with Crippen molar-refractivity contribution in [3.63, 3.8) is 0 Å². The minimum absolute atomic E-state index is 0. The number of pyridine rings is 1. The molecular formula is C42H40N4OPt. The van der Waals surface area contributed by atoms with Crippen molar-refractivity contribution in [3.8, 4) is 34.1 Å². The van der Waals surface area contributed by atoms with Crippen LogP contribution in [0.5, 0.6) is 11.5 Å². The minimum atomic E-state index is 0. The van der Waals surface area contributed by atoms with E-state index in [0.717, 1.165) is 69.7 Å². The largest absolute Gasteiger partial charge is 2.00 e. The molecule has 7 rings (SSSR count). The molecule has 0 saturated carbocycles. The summed E-state index contributed by atoms with van der Waals surface area (Å²) in [7, 11) is 0. The first-order chi connectivity index (χ1) is 22.7. The average molecular weight is 812 g/mol. The molecule has 4 aromatic carbocycles. The second-order valence-electron chi connectivity index (χ2n) is 13.5. The number of fused-ring (bicyclic) bond motifs is 3. The number of rotatable bonds is 8. The van der Waals surface area contributed by atoms with Crippen LogP contribution in [-0.4, -0.2) is 19.3 Å². The standard InChI is InChI=1S/C42H40N4O.Pt/c1-7-30-21-23-43-40(25-30)45-38-19-16-31(20-22-42(4,5)6)24-37(38)36-18-17-35(27-39(36)45)47-34-15-11-14-33(26-34)46-29(3)41(28(2)44-46)32-12-9-8-10-13-32;/h8-19,21,23-25H,7,20,22H2,1-6H3;/q-2;+2. The Balaban J connectivity index is 0.00000401. The first-order valence-corrected chi connectivity index (χ1v) is 16.5. The molecule has 0 aliphatic rings. The van der Waals surface area contributed by atoms with Crippen molar-refractivity contribution in [1.29, 1.82) is 0 Å². The Morgan fingerprint density at radius 1 is 0.792 bits per heavy atom. The molecule has 3 heterocycles. The van der Waals surface area contributed by atoms with Gasteiger partial charge in [-0.2, -0.15) is 17.2 Å². The molecule has 0 unspecified atom stereocenters. The van der Waals surface area contributed by atoms with E-state index in [0.29, 0.717) is 11.5 Å². The Kier molecular flexibility index (Phi) is 9.45. The van der Waals surface area contributed by atoms with Gasteiger partial charge in [0.1, 0.15) is 5.82 Å². The SMILES string of the molecule is CCc1ccnc(-n2c3[c-]c(Oc4[c-]c(-n5nc(C)c(-c6ccccc6)c5C)ccc4)ccc3c3cc(CCC(C)(C)C)ccc32)c1.[Pt+2]. The predicted molar refractivity (Wildman–Crippen MR) is 192 cm³/mol. The zero-order chi connectivity index (χ0) is 32.7. The minimum Gasteiger partial charge on any atom is -0.509 e. The molecule has 0 N–H and O–H groups in total. The molecule has 5 nitrogen and oxygen atoms in total. The Morgan fingerprint density at radius 3 is 2.35 bits per heavy atom. The fraction of sp³-hybridized carbons (Fsp3) is 0.238. The summed E-state index contributed by atoms with van der Waals surface area (Å²) in [5.74, 6) is 2.10. The van der Waals surface area contributed by atoms with E-state index in [1.165, 1.54) is 16.5 Å². The van der Waals surface area contributed by atoms with Crippen molar-refractivity contribution in [2.24, 2.45) is 5.41 Å². The summed E-state index contributed by atoms with van der Waals surface area (Å²) >= 11 is 0. The topological polar surface area (TPSA) is 44.9 Å². The second kappa shape index (κ2) is 13.6. The molecule has 6 heteroatoms. The smallest absolute Gasteiger partial charge is 0.509 e. The molecule has 3 aromatic heterocycles. The Labute approximate surface area is 297 Å². The Morgan fingerprint density at radius 2 is 1.58 bits per heavy atom. The molecule has 0 aliphatic carbocycles. The molecule has 244 valence electrons. The number of hydrogen-bond acceptors (Lipinski definition) is 3. The molecule has 0 aliphatic heterocycles. The van der Waals surface area contributed by atoms with E-state index in [9.17, 15) is 0 Å². The van der Waals surface area contributed by atoms with Crippen molar-refractivity contribution < 1.29 is 25.8 Å². The van der Waals surface area contributed by atoms with Crippen LogP contribution in [-0.2, 0) is 33.9 Å². The Bertz CT molecular complexity index is 2220. The third-order valence-corrected chi connectivity index (χ3v) is 8.88. The summed E-state index contributed by atoms with van der Waals surface area (Å²) in [6.45, 7) is 13.2. The van der Waals surface area contributed by atoms with Crippen LogP contribution < -0.4 is 4.74 Å². The van der Waals surface area contributed by atoms with Crippen molar-refractivity contribution in [3.05, 3.63) is 132 Å². The van der Waals surface area contributed by atoms with Crippen LogP contribution in [0.4, 0.5) is 0 Å². The Hall–Kier alpha value is -4.47. The van der Waals surface area contributed by atoms with Gasteiger partial charge in [-0.25, -0.2) is 4.98 Å². The van der Waals surface area contributed by atoms with E-state index < -0.39 is 0 Å². The number of ether oxygens (including phenoxy) is 1. The number of nitrogens with zero attached hydrogens (tertiary/aromatic N) is 4. The molecule has 0 bridgehead atoms. The van der Waals surface area contributed by atoms with Gasteiger partial charge in [0.15, 0.2) is 0 Å². The monoisotopic (exact) mass is 811 g/mol. The van der Waals surface area contributed by atoms with Gasteiger partial charge in [0, 0.05) is 34.5 Å².